The number of nitrogens with zero attached hydrogens (tertiary/aromatic N) is 1. The summed E-state index contributed by atoms with van der Waals surface area (Å²) in [5.41, 5.74) is 0.620. The van der Waals surface area contributed by atoms with Gasteiger partial charge in [0.1, 0.15) is 12.4 Å². The summed E-state index contributed by atoms with van der Waals surface area (Å²) in [6.07, 6.45) is 1.96. The van der Waals surface area contributed by atoms with Crippen LogP contribution in [0.2, 0.25) is 0 Å². The number of benzene rings is 1. The van der Waals surface area contributed by atoms with E-state index in [-0.39, 0.29) is 36.8 Å². The molecule has 1 aliphatic rings. The van der Waals surface area contributed by atoms with Gasteiger partial charge in [0, 0.05) is 12.6 Å². The maximum Gasteiger partial charge on any atom is 0.255 e. The summed E-state index contributed by atoms with van der Waals surface area (Å²) in [6.45, 7) is 3.33. The van der Waals surface area contributed by atoms with E-state index < -0.39 is 0 Å². The predicted octanol–water partition coefficient (Wildman–Crippen LogP) is 1.95. The molecule has 7 heteroatoms. The maximum absolute atomic E-state index is 12.4. The molecule has 1 saturated heterocycles. The van der Waals surface area contributed by atoms with Gasteiger partial charge in [-0.2, -0.15) is 0 Å². The smallest absolute Gasteiger partial charge is 0.255 e. The number of likely N-dealkylation sites (N-methyl/N-ethyl adjacent to an activating group) is 1. The van der Waals surface area contributed by atoms with Crippen molar-refractivity contribution in [3.63, 3.8) is 0 Å². The second-order valence-electron chi connectivity index (χ2n) is 5.65. The standard InChI is InChI=1S/C16H25N3O2.2ClH/c1-19(2)11-12-21-15-6-4-3-5-14(15)16(20)18-13-7-9-17-10-8-13;;/h3-6,13,17H,7-12H2,1-2H3,(H,18,20);2*1H. The number of carbonyl (C=O) groups excluding carboxylic acids is 1. The molecule has 0 bridgehead atoms. The summed E-state index contributed by atoms with van der Waals surface area (Å²) in [5, 5.41) is 6.40. The fraction of sp³-hybridized carbons (Fsp3) is 0.562. The van der Waals surface area contributed by atoms with Gasteiger partial charge in [-0.15, -0.1) is 24.8 Å². The molecule has 0 radical (unpaired) electrons. The number of piperidine rings is 1. The number of nitrogens with one attached hydrogen (secondary N) is 2. The number of amides is 1. The van der Waals surface area contributed by atoms with E-state index >= 15 is 0 Å². The number of rotatable bonds is 6. The molecule has 2 N–H and O–H groups in total. The monoisotopic (exact) mass is 363 g/mol. The zero-order valence-corrected chi connectivity index (χ0v) is 15.3. The zero-order chi connectivity index (χ0) is 15.1. The summed E-state index contributed by atoms with van der Waals surface area (Å²) >= 11 is 0. The van der Waals surface area contributed by atoms with Gasteiger partial charge < -0.3 is 20.3 Å². The largest absolute Gasteiger partial charge is 0.491 e. The van der Waals surface area contributed by atoms with Crippen LogP contribution in [0, 0.1) is 0 Å². The van der Waals surface area contributed by atoms with Crippen molar-refractivity contribution in [2.24, 2.45) is 0 Å². The first-order chi connectivity index (χ1) is 10.2. The van der Waals surface area contributed by atoms with Crippen LogP contribution in [0.1, 0.15) is 23.2 Å². The maximum atomic E-state index is 12.4. The third kappa shape index (κ3) is 7.40. The molecule has 0 saturated carbocycles. The van der Waals surface area contributed by atoms with Gasteiger partial charge in [-0.25, -0.2) is 0 Å². The molecule has 0 spiro atoms. The molecule has 0 atom stereocenters. The second kappa shape index (κ2) is 11.5. The minimum Gasteiger partial charge on any atom is -0.491 e. The van der Waals surface area contributed by atoms with Gasteiger partial charge in [0.05, 0.1) is 5.56 Å². The van der Waals surface area contributed by atoms with E-state index in [4.69, 9.17) is 4.74 Å². The molecule has 23 heavy (non-hydrogen) atoms. The Kier molecular flexibility index (Phi) is 11.0. The van der Waals surface area contributed by atoms with Crippen molar-refractivity contribution in [1.29, 1.82) is 0 Å². The highest BCUT2D eigenvalue weighted by atomic mass is 35.5. The van der Waals surface area contributed by atoms with Crippen LogP contribution in [-0.2, 0) is 0 Å². The average Bonchev–Trinajstić information content (AvgIpc) is 2.48. The predicted molar refractivity (Wildman–Crippen MR) is 98.3 cm³/mol. The number of halogens is 2. The Hall–Kier alpha value is -1.01. The third-order valence-electron chi connectivity index (χ3n) is 3.60. The molecular weight excluding hydrogens is 337 g/mol. The van der Waals surface area contributed by atoms with Crippen molar-refractivity contribution < 1.29 is 9.53 Å². The van der Waals surface area contributed by atoms with Gasteiger partial charge in [0.25, 0.3) is 5.91 Å². The van der Waals surface area contributed by atoms with Gasteiger partial charge in [-0.05, 0) is 52.2 Å². The fourth-order valence-electron chi connectivity index (χ4n) is 2.35. The molecule has 132 valence electrons. The number of hydrogen-bond donors (Lipinski definition) is 2. The van der Waals surface area contributed by atoms with Crippen molar-refractivity contribution >= 4 is 30.7 Å². The highest BCUT2D eigenvalue weighted by molar-refractivity contribution is 5.97. The Morgan fingerprint density at radius 1 is 1.26 bits per heavy atom. The van der Waals surface area contributed by atoms with Crippen molar-refractivity contribution in [2.45, 2.75) is 18.9 Å². The van der Waals surface area contributed by atoms with Crippen LogP contribution >= 0.6 is 24.8 Å². The first kappa shape index (κ1) is 22.0. The number of carbonyl (C=O) groups is 1. The number of para-hydroxylation sites is 1. The number of ether oxygens (including phenoxy) is 1. The normalized spacial score (nSPS) is 14.6. The van der Waals surface area contributed by atoms with Gasteiger partial charge in [0.15, 0.2) is 0 Å². The lowest BCUT2D eigenvalue weighted by molar-refractivity contribution is 0.0925. The summed E-state index contributed by atoms with van der Waals surface area (Å²) in [7, 11) is 4.00. The lowest BCUT2D eigenvalue weighted by Crippen LogP contribution is -2.42. The third-order valence-corrected chi connectivity index (χ3v) is 3.60. The van der Waals surface area contributed by atoms with Gasteiger partial charge in [0.2, 0.25) is 0 Å². The van der Waals surface area contributed by atoms with Crippen LogP contribution in [0.15, 0.2) is 24.3 Å². The Morgan fingerprint density at radius 2 is 1.91 bits per heavy atom. The van der Waals surface area contributed by atoms with Crippen molar-refractivity contribution in [2.75, 3.05) is 40.3 Å². The second-order valence-corrected chi connectivity index (χ2v) is 5.65. The summed E-state index contributed by atoms with van der Waals surface area (Å²) in [4.78, 5) is 14.5. The van der Waals surface area contributed by atoms with E-state index in [2.05, 4.69) is 15.5 Å². The summed E-state index contributed by atoms with van der Waals surface area (Å²) in [5.74, 6) is 0.619. The lowest BCUT2D eigenvalue weighted by atomic mass is 10.1. The van der Waals surface area contributed by atoms with Gasteiger partial charge >= 0.3 is 0 Å². The molecule has 0 aliphatic carbocycles. The van der Waals surface area contributed by atoms with E-state index in [0.717, 1.165) is 32.5 Å². The van der Waals surface area contributed by atoms with Crippen LogP contribution < -0.4 is 15.4 Å². The topological polar surface area (TPSA) is 53.6 Å². The van der Waals surface area contributed by atoms with E-state index in [0.29, 0.717) is 17.9 Å². The zero-order valence-electron chi connectivity index (χ0n) is 13.7. The molecule has 1 aromatic rings. The molecule has 1 fully saturated rings. The van der Waals surface area contributed by atoms with Crippen LogP contribution in [0.3, 0.4) is 0 Å². The molecule has 1 aliphatic heterocycles. The highest BCUT2D eigenvalue weighted by Crippen LogP contribution is 2.18. The van der Waals surface area contributed by atoms with Gasteiger partial charge in [-0.3, -0.25) is 4.79 Å². The molecule has 1 heterocycles. The highest BCUT2D eigenvalue weighted by Gasteiger charge is 2.18. The summed E-state index contributed by atoms with van der Waals surface area (Å²) in [6, 6.07) is 7.70. The molecule has 0 unspecified atom stereocenters. The molecule has 2 rings (SSSR count). The van der Waals surface area contributed by atoms with E-state index in [1.807, 2.05) is 38.4 Å². The van der Waals surface area contributed by atoms with E-state index in [1.54, 1.807) is 0 Å². The van der Waals surface area contributed by atoms with E-state index in [1.165, 1.54) is 0 Å². The Balaban J connectivity index is 0.00000242. The fourth-order valence-corrected chi connectivity index (χ4v) is 2.35. The SMILES string of the molecule is CN(C)CCOc1ccccc1C(=O)NC1CCNCC1.Cl.Cl. The lowest BCUT2D eigenvalue weighted by Gasteiger charge is -2.24. The van der Waals surface area contributed by atoms with Crippen molar-refractivity contribution in [3.8, 4) is 5.75 Å². The van der Waals surface area contributed by atoms with Crippen LogP contribution in [0.4, 0.5) is 0 Å². The molecule has 5 nitrogen and oxygen atoms in total. The Bertz CT molecular complexity index is 466. The van der Waals surface area contributed by atoms with Gasteiger partial charge in [-0.1, -0.05) is 12.1 Å². The minimum atomic E-state index is -0.0395. The van der Waals surface area contributed by atoms with Crippen molar-refractivity contribution in [1.82, 2.24) is 15.5 Å². The number of hydrogen-bond acceptors (Lipinski definition) is 4. The van der Waals surface area contributed by atoms with Crippen molar-refractivity contribution in [3.05, 3.63) is 29.8 Å². The minimum absolute atomic E-state index is 0. The van der Waals surface area contributed by atoms with Crippen LogP contribution in [0.5, 0.6) is 5.75 Å². The summed E-state index contributed by atoms with van der Waals surface area (Å²) < 4.78 is 5.74. The molecular formula is C16H27Cl2N3O2. The van der Waals surface area contributed by atoms with E-state index in [9.17, 15) is 4.79 Å². The molecule has 1 aromatic carbocycles. The molecule has 1 amide bonds. The first-order valence-electron chi connectivity index (χ1n) is 7.55. The Morgan fingerprint density at radius 3 is 2.57 bits per heavy atom. The first-order valence-corrected chi connectivity index (χ1v) is 7.55. The Labute approximate surface area is 151 Å². The van der Waals surface area contributed by atoms with Crippen LogP contribution in [-0.4, -0.2) is 57.2 Å². The molecule has 0 aromatic heterocycles. The quantitative estimate of drug-likeness (QED) is 0.810. The van der Waals surface area contributed by atoms with Crippen LogP contribution in [0.25, 0.3) is 0 Å². The average molecular weight is 364 g/mol.